The van der Waals surface area contributed by atoms with E-state index in [2.05, 4.69) is 0 Å². The van der Waals surface area contributed by atoms with Gasteiger partial charge in [0, 0.05) is 22.3 Å². The molecule has 4 aromatic rings. The number of esters is 2. The van der Waals surface area contributed by atoms with E-state index in [9.17, 15) is 9.59 Å². The Morgan fingerprint density at radius 1 is 0.595 bits per heavy atom. The van der Waals surface area contributed by atoms with Gasteiger partial charge in [0.15, 0.2) is 23.0 Å². The second-order valence-electron chi connectivity index (χ2n) is 9.24. The molecule has 0 saturated heterocycles. The van der Waals surface area contributed by atoms with Gasteiger partial charge >= 0.3 is 11.9 Å². The van der Waals surface area contributed by atoms with Gasteiger partial charge in [0.05, 0.1) is 25.3 Å². The second-order valence-corrected chi connectivity index (χ2v) is 9.24. The van der Waals surface area contributed by atoms with Crippen LogP contribution < -0.4 is 28.4 Å². The molecule has 0 saturated carbocycles. The Hall–Kier alpha value is -5.38. The summed E-state index contributed by atoms with van der Waals surface area (Å²) >= 11 is 0. The van der Waals surface area contributed by atoms with Crippen molar-refractivity contribution in [3.05, 3.63) is 95.1 Å². The lowest BCUT2D eigenvalue weighted by Gasteiger charge is -2.20. The van der Waals surface area contributed by atoms with Crippen molar-refractivity contribution in [2.75, 3.05) is 27.8 Å². The average molecular weight is 571 g/mol. The Morgan fingerprint density at radius 3 is 1.36 bits per heavy atom. The van der Waals surface area contributed by atoms with Crippen molar-refractivity contribution >= 4 is 11.9 Å². The predicted molar refractivity (Wildman–Crippen MR) is 148 cm³/mol. The van der Waals surface area contributed by atoms with E-state index in [4.69, 9.17) is 37.9 Å². The fourth-order valence-electron chi connectivity index (χ4n) is 4.86. The monoisotopic (exact) mass is 570 g/mol. The van der Waals surface area contributed by atoms with Crippen LogP contribution in [-0.4, -0.2) is 39.7 Å². The Balaban J connectivity index is 1.47. The fraction of sp³-hybridized carbons (Fsp3) is 0.188. The Morgan fingerprint density at radius 2 is 0.976 bits per heavy atom. The van der Waals surface area contributed by atoms with Gasteiger partial charge in [-0.05, 0) is 36.4 Å². The molecule has 0 spiro atoms. The van der Waals surface area contributed by atoms with Gasteiger partial charge < -0.3 is 37.9 Å². The van der Waals surface area contributed by atoms with Gasteiger partial charge in [-0.2, -0.15) is 0 Å². The molecule has 0 aromatic heterocycles. The molecule has 214 valence electrons. The van der Waals surface area contributed by atoms with Gasteiger partial charge in [0.2, 0.25) is 25.1 Å². The SMILES string of the molecule is COc1cc(COC(=O)c2ccccc2)c(-c2c(COC(=O)c3ccccc3)cc(OC)c3c2OCO3)c2c1OCO2. The summed E-state index contributed by atoms with van der Waals surface area (Å²) in [6.45, 7) is -0.387. The van der Waals surface area contributed by atoms with Gasteiger partial charge in [-0.25, -0.2) is 9.59 Å². The van der Waals surface area contributed by atoms with Gasteiger partial charge in [0.25, 0.3) is 0 Å². The molecule has 10 heteroatoms. The van der Waals surface area contributed by atoms with Crippen molar-refractivity contribution < 1.29 is 47.5 Å². The molecule has 2 aliphatic rings. The summed E-state index contributed by atoms with van der Waals surface area (Å²) in [5.74, 6) is 1.26. The van der Waals surface area contributed by atoms with E-state index >= 15 is 0 Å². The van der Waals surface area contributed by atoms with Crippen LogP contribution >= 0.6 is 0 Å². The summed E-state index contributed by atoms with van der Waals surface area (Å²) in [5.41, 5.74) is 2.92. The molecule has 0 bridgehead atoms. The van der Waals surface area contributed by atoms with Crippen LogP contribution in [0.3, 0.4) is 0 Å². The van der Waals surface area contributed by atoms with Crippen molar-refractivity contribution in [3.63, 3.8) is 0 Å². The average Bonchev–Trinajstić information content (AvgIpc) is 3.73. The standard InChI is InChI=1S/C32H26O10/c1-35-23-13-21(15-37-31(33)19-9-5-3-6-10-19)25(29-27(23)39-17-41-29)26-22(14-24(36-2)28-30(26)42-18-40-28)16-38-32(34)20-11-7-4-8-12-20/h3-14H,15-18H2,1-2H3. The molecule has 0 amide bonds. The number of benzene rings is 4. The molecule has 6 rings (SSSR count). The lowest BCUT2D eigenvalue weighted by molar-refractivity contribution is 0.0462. The van der Waals surface area contributed by atoms with Crippen LogP contribution in [-0.2, 0) is 22.7 Å². The van der Waals surface area contributed by atoms with E-state index in [1.807, 2.05) is 12.1 Å². The third-order valence-electron chi connectivity index (χ3n) is 6.81. The first-order chi connectivity index (χ1) is 20.6. The number of carbonyl (C=O) groups is 2. The van der Waals surface area contributed by atoms with Crippen molar-refractivity contribution in [1.29, 1.82) is 0 Å². The Bertz CT molecular complexity index is 1510. The van der Waals surface area contributed by atoms with Gasteiger partial charge in [-0.1, -0.05) is 36.4 Å². The Labute approximate surface area is 241 Å². The van der Waals surface area contributed by atoms with Gasteiger partial charge in [-0.15, -0.1) is 0 Å². The van der Waals surface area contributed by atoms with E-state index in [0.29, 0.717) is 67.9 Å². The van der Waals surface area contributed by atoms with Crippen molar-refractivity contribution in [3.8, 4) is 45.6 Å². The summed E-state index contributed by atoms with van der Waals surface area (Å²) < 4.78 is 46.0. The predicted octanol–water partition coefficient (Wildman–Crippen LogP) is 5.54. The summed E-state index contributed by atoms with van der Waals surface area (Å²) in [6, 6.07) is 20.8. The maximum absolute atomic E-state index is 12.9. The van der Waals surface area contributed by atoms with Crippen LogP contribution in [0.4, 0.5) is 0 Å². The third-order valence-corrected chi connectivity index (χ3v) is 6.81. The molecule has 0 atom stereocenters. The molecule has 0 N–H and O–H groups in total. The second kappa shape index (κ2) is 11.6. The van der Waals surface area contributed by atoms with Crippen LogP contribution in [0.2, 0.25) is 0 Å². The normalized spacial score (nSPS) is 12.5. The van der Waals surface area contributed by atoms with E-state index in [1.54, 1.807) is 60.7 Å². The minimum Gasteiger partial charge on any atom is -0.493 e. The van der Waals surface area contributed by atoms with Crippen LogP contribution in [0.25, 0.3) is 11.1 Å². The van der Waals surface area contributed by atoms with E-state index in [1.165, 1.54) is 14.2 Å². The molecule has 10 nitrogen and oxygen atoms in total. The maximum atomic E-state index is 12.9. The Kier molecular flexibility index (Phi) is 7.42. The quantitative estimate of drug-likeness (QED) is 0.238. The van der Waals surface area contributed by atoms with Crippen molar-refractivity contribution in [1.82, 2.24) is 0 Å². The highest BCUT2D eigenvalue weighted by Crippen LogP contribution is 2.56. The molecule has 0 fully saturated rings. The minimum absolute atomic E-state index is 0.0556. The zero-order valence-corrected chi connectivity index (χ0v) is 22.8. The molecule has 2 heterocycles. The highest BCUT2D eigenvalue weighted by Gasteiger charge is 2.35. The molecule has 0 aliphatic carbocycles. The topological polar surface area (TPSA) is 108 Å². The first-order valence-corrected chi connectivity index (χ1v) is 13.0. The van der Waals surface area contributed by atoms with Gasteiger partial charge in [0.1, 0.15) is 13.2 Å². The summed E-state index contributed by atoms with van der Waals surface area (Å²) in [6.07, 6.45) is 0. The largest absolute Gasteiger partial charge is 0.493 e. The zero-order chi connectivity index (χ0) is 29.1. The summed E-state index contributed by atoms with van der Waals surface area (Å²) in [4.78, 5) is 25.8. The number of methoxy groups -OCH3 is 2. The van der Waals surface area contributed by atoms with E-state index in [-0.39, 0.29) is 26.8 Å². The molecule has 0 unspecified atom stereocenters. The fourth-order valence-corrected chi connectivity index (χ4v) is 4.86. The lowest BCUT2D eigenvalue weighted by atomic mass is 9.92. The molecule has 0 radical (unpaired) electrons. The lowest BCUT2D eigenvalue weighted by Crippen LogP contribution is -2.09. The highest BCUT2D eigenvalue weighted by atomic mass is 16.7. The zero-order valence-electron chi connectivity index (χ0n) is 22.8. The van der Waals surface area contributed by atoms with Crippen LogP contribution in [0.1, 0.15) is 31.8 Å². The molecule has 4 aromatic carbocycles. The molecular formula is C32H26O10. The van der Waals surface area contributed by atoms with Crippen LogP contribution in [0, 0.1) is 0 Å². The molecule has 2 aliphatic heterocycles. The molecular weight excluding hydrogens is 544 g/mol. The van der Waals surface area contributed by atoms with Crippen LogP contribution in [0.5, 0.6) is 34.5 Å². The first kappa shape index (κ1) is 26.8. The smallest absolute Gasteiger partial charge is 0.338 e. The van der Waals surface area contributed by atoms with E-state index in [0.717, 1.165) is 0 Å². The van der Waals surface area contributed by atoms with E-state index < -0.39 is 11.9 Å². The summed E-state index contributed by atoms with van der Waals surface area (Å²) in [5, 5.41) is 0. The minimum atomic E-state index is -0.505. The third kappa shape index (κ3) is 4.98. The van der Waals surface area contributed by atoms with Crippen molar-refractivity contribution in [2.24, 2.45) is 0 Å². The number of rotatable bonds is 9. The van der Waals surface area contributed by atoms with Crippen LogP contribution in [0.15, 0.2) is 72.8 Å². The highest BCUT2D eigenvalue weighted by molar-refractivity contribution is 5.92. The molecule has 42 heavy (non-hydrogen) atoms. The number of carbonyl (C=O) groups excluding carboxylic acids is 2. The number of fused-ring (bicyclic) bond motifs is 2. The van der Waals surface area contributed by atoms with Gasteiger partial charge in [-0.3, -0.25) is 0 Å². The maximum Gasteiger partial charge on any atom is 0.338 e. The number of hydrogen-bond donors (Lipinski definition) is 0. The van der Waals surface area contributed by atoms with Crippen molar-refractivity contribution in [2.45, 2.75) is 13.2 Å². The summed E-state index contributed by atoms with van der Waals surface area (Å²) in [7, 11) is 3.01. The number of hydrogen-bond acceptors (Lipinski definition) is 10. The number of ether oxygens (including phenoxy) is 8. The first-order valence-electron chi connectivity index (χ1n) is 13.0.